The summed E-state index contributed by atoms with van der Waals surface area (Å²) in [4.78, 5) is 32.4. The second-order valence-electron chi connectivity index (χ2n) is 4.46. The minimum Gasteiger partial charge on any atom is -0.481 e. The summed E-state index contributed by atoms with van der Waals surface area (Å²) in [6.45, 7) is 1.69. The molecule has 1 unspecified atom stereocenters. The van der Waals surface area contributed by atoms with Crippen molar-refractivity contribution in [1.29, 1.82) is 0 Å². The number of carbonyl (C=O) groups is 2. The number of halogens is 1. The van der Waals surface area contributed by atoms with Crippen molar-refractivity contribution in [2.45, 2.75) is 19.8 Å². The fourth-order valence-electron chi connectivity index (χ4n) is 1.77. The molecule has 0 saturated carbocycles. The number of nitrogens with zero attached hydrogens (tertiary/aromatic N) is 1. The van der Waals surface area contributed by atoms with E-state index in [2.05, 4.69) is 5.32 Å². The minimum atomic E-state index is -1.04. The first-order valence-electron chi connectivity index (χ1n) is 6.31. The van der Waals surface area contributed by atoms with Crippen LogP contribution >= 0.6 is 0 Å². The monoisotopic (exact) mass is 298 g/mol. The van der Waals surface area contributed by atoms with Gasteiger partial charge in [0, 0.05) is 12.6 Å². The van der Waals surface area contributed by atoms with Crippen molar-refractivity contribution in [1.82, 2.24) is 5.32 Å². The highest BCUT2D eigenvalue weighted by Gasteiger charge is 2.20. The van der Waals surface area contributed by atoms with Gasteiger partial charge in [0.2, 0.25) is 0 Å². The Hall–Kier alpha value is -2.51. The van der Waals surface area contributed by atoms with Crippen molar-refractivity contribution in [3.05, 3.63) is 39.7 Å². The Morgan fingerprint density at radius 3 is 2.62 bits per heavy atom. The number of carboxylic acid groups (broad SMARTS) is 1. The number of nitro benzene ring substituents is 1. The third-order valence-electron chi connectivity index (χ3n) is 2.90. The molecule has 1 amide bonds. The summed E-state index contributed by atoms with van der Waals surface area (Å²) < 4.78 is 13.6. The highest BCUT2D eigenvalue weighted by Crippen LogP contribution is 2.16. The molecule has 0 saturated heterocycles. The molecule has 1 rings (SSSR count). The maximum absolute atomic E-state index is 13.6. The third kappa shape index (κ3) is 4.51. The summed E-state index contributed by atoms with van der Waals surface area (Å²) in [5.74, 6) is -3.62. The molecule has 1 atom stereocenters. The fraction of sp³-hybridized carbons (Fsp3) is 0.385. The number of amides is 1. The minimum absolute atomic E-state index is 0.127. The molecule has 1 aromatic carbocycles. The van der Waals surface area contributed by atoms with Gasteiger partial charge in [-0.1, -0.05) is 13.3 Å². The Bertz CT molecular complexity index is 561. The topological polar surface area (TPSA) is 110 Å². The summed E-state index contributed by atoms with van der Waals surface area (Å²) in [5, 5.41) is 21.7. The van der Waals surface area contributed by atoms with Crippen LogP contribution in [0.4, 0.5) is 10.1 Å². The molecule has 2 N–H and O–H groups in total. The van der Waals surface area contributed by atoms with Crippen LogP contribution in [0.2, 0.25) is 0 Å². The summed E-state index contributed by atoms with van der Waals surface area (Å²) in [6, 6.07) is 2.66. The molecule has 0 heterocycles. The lowest BCUT2D eigenvalue weighted by Crippen LogP contribution is -2.33. The average Bonchev–Trinajstić information content (AvgIpc) is 2.42. The number of benzene rings is 1. The van der Waals surface area contributed by atoms with Crippen LogP contribution in [-0.4, -0.2) is 28.5 Å². The van der Waals surface area contributed by atoms with Crippen LogP contribution in [0.3, 0.4) is 0 Å². The highest BCUT2D eigenvalue weighted by atomic mass is 19.1. The molecule has 0 aliphatic rings. The van der Waals surface area contributed by atoms with E-state index in [4.69, 9.17) is 5.11 Å². The Kier molecular flexibility index (Phi) is 5.77. The number of carboxylic acids is 1. The largest absolute Gasteiger partial charge is 0.481 e. The van der Waals surface area contributed by atoms with Crippen molar-refractivity contribution in [3.8, 4) is 0 Å². The van der Waals surface area contributed by atoms with Gasteiger partial charge >= 0.3 is 5.97 Å². The maximum Gasteiger partial charge on any atom is 0.308 e. The van der Waals surface area contributed by atoms with Crippen molar-refractivity contribution in [2.75, 3.05) is 6.54 Å². The molecule has 114 valence electrons. The van der Waals surface area contributed by atoms with E-state index in [0.717, 1.165) is 12.1 Å². The SMILES string of the molecule is CCCC(CNC(=O)c1ccc([N+](=O)[O-])cc1F)C(=O)O. The maximum atomic E-state index is 13.6. The van der Waals surface area contributed by atoms with Gasteiger partial charge in [-0.2, -0.15) is 0 Å². The van der Waals surface area contributed by atoms with Gasteiger partial charge in [0.15, 0.2) is 0 Å². The van der Waals surface area contributed by atoms with Crippen LogP contribution in [0.1, 0.15) is 30.1 Å². The van der Waals surface area contributed by atoms with Crippen molar-refractivity contribution in [3.63, 3.8) is 0 Å². The molecule has 0 spiro atoms. The van der Waals surface area contributed by atoms with Crippen LogP contribution < -0.4 is 5.32 Å². The van der Waals surface area contributed by atoms with Gasteiger partial charge in [0.1, 0.15) is 5.82 Å². The fourth-order valence-corrected chi connectivity index (χ4v) is 1.77. The second-order valence-corrected chi connectivity index (χ2v) is 4.46. The number of nitro groups is 1. The van der Waals surface area contributed by atoms with Gasteiger partial charge in [0.25, 0.3) is 11.6 Å². The van der Waals surface area contributed by atoms with E-state index in [1.54, 1.807) is 0 Å². The zero-order valence-corrected chi connectivity index (χ0v) is 11.3. The number of nitrogens with one attached hydrogen (secondary N) is 1. The number of rotatable bonds is 7. The predicted molar refractivity (Wildman–Crippen MR) is 71.4 cm³/mol. The predicted octanol–water partition coefficient (Wildman–Crippen LogP) is 1.96. The zero-order valence-electron chi connectivity index (χ0n) is 11.3. The molecule has 0 fully saturated rings. The molecule has 1 aromatic rings. The molecular formula is C13H15FN2O5. The van der Waals surface area contributed by atoms with Crippen LogP contribution in [-0.2, 0) is 4.79 Å². The van der Waals surface area contributed by atoms with Gasteiger partial charge in [-0.15, -0.1) is 0 Å². The highest BCUT2D eigenvalue weighted by molar-refractivity contribution is 5.94. The summed E-state index contributed by atoms with van der Waals surface area (Å²) in [6.07, 6.45) is 1.02. The van der Waals surface area contributed by atoms with E-state index in [1.807, 2.05) is 6.92 Å². The smallest absolute Gasteiger partial charge is 0.308 e. The molecule has 0 aromatic heterocycles. The quantitative estimate of drug-likeness (QED) is 0.590. The molecular weight excluding hydrogens is 283 g/mol. The van der Waals surface area contributed by atoms with Crippen molar-refractivity contribution >= 4 is 17.6 Å². The van der Waals surface area contributed by atoms with Crippen LogP contribution in [0.15, 0.2) is 18.2 Å². The van der Waals surface area contributed by atoms with Crippen molar-refractivity contribution in [2.24, 2.45) is 5.92 Å². The standard InChI is InChI=1S/C13H15FN2O5/c1-2-3-8(13(18)19)7-15-12(17)10-5-4-9(16(20)21)6-11(10)14/h4-6,8H,2-3,7H2,1H3,(H,15,17)(H,18,19). The van der Waals surface area contributed by atoms with Gasteiger partial charge < -0.3 is 10.4 Å². The lowest BCUT2D eigenvalue weighted by Gasteiger charge is -2.12. The Balaban J connectivity index is 2.76. The molecule has 7 nitrogen and oxygen atoms in total. The normalized spacial score (nSPS) is 11.7. The number of non-ortho nitro benzene ring substituents is 1. The summed E-state index contributed by atoms with van der Waals surface area (Å²) >= 11 is 0. The Labute approximate surface area is 119 Å². The Morgan fingerprint density at radius 2 is 2.14 bits per heavy atom. The molecule has 0 aliphatic heterocycles. The number of carbonyl (C=O) groups excluding carboxylic acids is 1. The first-order chi connectivity index (χ1) is 9.86. The van der Waals surface area contributed by atoms with E-state index in [-0.39, 0.29) is 12.1 Å². The number of aliphatic carboxylic acids is 1. The molecule has 21 heavy (non-hydrogen) atoms. The lowest BCUT2D eigenvalue weighted by molar-refractivity contribution is -0.385. The van der Waals surface area contributed by atoms with Gasteiger partial charge in [-0.25, -0.2) is 4.39 Å². The van der Waals surface area contributed by atoms with Crippen LogP contribution in [0, 0.1) is 21.8 Å². The summed E-state index contributed by atoms with van der Waals surface area (Å²) in [5.41, 5.74) is -0.820. The number of hydrogen-bond donors (Lipinski definition) is 2. The molecule has 8 heteroatoms. The van der Waals surface area contributed by atoms with Gasteiger partial charge in [-0.3, -0.25) is 19.7 Å². The van der Waals surface area contributed by atoms with E-state index in [1.165, 1.54) is 0 Å². The van der Waals surface area contributed by atoms with E-state index >= 15 is 0 Å². The first kappa shape index (κ1) is 16.5. The van der Waals surface area contributed by atoms with Crippen LogP contribution in [0.5, 0.6) is 0 Å². The van der Waals surface area contributed by atoms with Crippen LogP contribution in [0.25, 0.3) is 0 Å². The summed E-state index contributed by atoms with van der Waals surface area (Å²) in [7, 11) is 0. The molecule has 0 bridgehead atoms. The first-order valence-corrected chi connectivity index (χ1v) is 6.31. The van der Waals surface area contributed by atoms with Crippen molar-refractivity contribution < 1.29 is 24.0 Å². The average molecular weight is 298 g/mol. The van der Waals surface area contributed by atoms with Gasteiger partial charge in [-0.05, 0) is 12.5 Å². The zero-order chi connectivity index (χ0) is 16.0. The van der Waals surface area contributed by atoms with E-state index in [0.29, 0.717) is 18.9 Å². The molecule has 0 radical (unpaired) electrons. The number of hydrogen-bond acceptors (Lipinski definition) is 4. The Morgan fingerprint density at radius 1 is 1.48 bits per heavy atom. The van der Waals surface area contributed by atoms with Gasteiger partial charge in [0.05, 0.1) is 22.5 Å². The van der Waals surface area contributed by atoms with E-state index in [9.17, 15) is 24.1 Å². The third-order valence-corrected chi connectivity index (χ3v) is 2.90. The molecule has 0 aliphatic carbocycles. The van der Waals surface area contributed by atoms with E-state index < -0.39 is 34.2 Å². The second kappa shape index (κ2) is 7.32. The lowest BCUT2D eigenvalue weighted by atomic mass is 10.0.